The van der Waals surface area contributed by atoms with E-state index in [1.807, 2.05) is 59.0 Å². The lowest BCUT2D eigenvalue weighted by Crippen LogP contribution is -2.10. The molecule has 6 heteroatoms. The van der Waals surface area contributed by atoms with Gasteiger partial charge in [0, 0.05) is 5.39 Å². The SMILES string of the molecule is NNc1nncn2c1cc1cc(OCc3ccccc3)ccc12. The Morgan fingerprint density at radius 3 is 2.74 bits per heavy atom. The van der Waals surface area contributed by atoms with Crippen molar-refractivity contribution in [2.75, 3.05) is 5.43 Å². The van der Waals surface area contributed by atoms with Crippen LogP contribution in [-0.4, -0.2) is 14.6 Å². The minimum Gasteiger partial charge on any atom is -0.489 e. The van der Waals surface area contributed by atoms with Crippen LogP contribution in [0.3, 0.4) is 0 Å². The van der Waals surface area contributed by atoms with E-state index in [4.69, 9.17) is 10.6 Å². The number of hydrazine groups is 1. The molecule has 0 atom stereocenters. The van der Waals surface area contributed by atoms with Crippen LogP contribution in [0.4, 0.5) is 5.82 Å². The van der Waals surface area contributed by atoms with Crippen LogP contribution in [0, 0.1) is 0 Å². The van der Waals surface area contributed by atoms with Crippen LogP contribution in [0.1, 0.15) is 5.56 Å². The van der Waals surface area contributed by atoms with Crippen LogP contribution in [0.5, 0.6) is 5.75 Å². The molecule has 0 bridgehead atoms. The van der Waals surface area contributed by atoms with Crippen molar-refractivity contribution in [2.24, 2.45) is 5.84 Å². The van der Waals surface area contributed by atoms with E-state index >= 15 is 0 Å². The molecule has 4 rings (SSSR count). The predicted octanol–water partition coefficient (Wildman–Crippen LogP) is 2.75. The van der Waals surface area contributed by atoms with E-state index in [9.17, 15) is 0 Å². The smallest absolute Gasteiger partial charge is 0.187 e. The first-order valence-corrected chi connectivity index (χ1v) is 7.25. The summed E-state index contributed by atoms with van der Waals surface area (Å²) in [6.45, 7) is 0.540. The molecule has 0 spiro atoms. The molecular weight excluding hydrogens is 290 g/mol. The first kappa shape index (κ1) is 13.5. The second-order valence-corrected chi connectivity index (χ2v) is 5.22. The number of fused-ring (bicyclic) bond motifs is 3. The Morgan fingerprint density at radius 2 is 1.91 bits per heavy atom. The Morgan fingerprint density at radius 1 is 1.04 bits per heavy atom. The summed E-state index contributed by atoms with van der Waals surface area (Å²) in [6.07, 6.45) is 1.67. The molecule has 0 aliphatic rings. The molecule has 0 fully saturated rings. The number of hydrogen-bond donors (Lipinski definition) is 2. The first-order valence-electron chi connectivity index (χ1n) is 7.25. The number of nitrogens with two attached hydrogens (primary N) is 1. The highest BCUT2D eigenvalue weighted by molar-refractivity contribution is 5.91. The molecule has 0 aliphatic heterocycles. The van der Waals surface area contributed by atoms with Gasteiger partial charge < -0.3 is 10.2 Å². The van der Waals surface area contributed by atoms with Gasteiger partial charge in [-0.25, -0.2) is 5.84 Å². The van der Waals surface area contributed by atoms with Crippen molar-refractivity contribution < 1.29 is 4.74 Å². The number of hydrogen-bond acceptors (Lipinski definition) is 5. The highest BCUT2D eigenvalue weighted by Gasteiger charge is 2.08. The van der Waals surface area contributed by atoms with Gasteiger partial charge >= 0.3 is 0 Å². The summed E-state index contributed by atoms with van der Waals surface area (Å²) in [6, 6.07) is 18.1. The van der Waals surface area contributed by atoms with Gasteiger partial charge in [-0.1, -0.05) is 30.3 Å². The van der Waals surface area contributed by atoms with Crippen molar-refractivity contribution >= 4 is 22.2 Å². The molecule has 0 aliphatic carbocycles. The quantitative estimate of drug-likeness (QED) is 0.448. The lowest BCUT2D eigenvalue weighted by molar-refractivity contribution is 0.306. The molecule has 2 aromatic carbocycles. The van der Waals surface area contributed by atoms with Gasteiger partial charge in [-0.3, -0.25) is 4.40 Å². The molecule has 0 radical (unpaired) electrons. The van der Waals surface area contributed by atoms with E-state index in [0.29, 0.717) is 12.4 Å². The topological polar surface area (TPSA) is 77.5 Å². The Bertz CT molecular complexity index is 965. The first-order chi connectivity index (χ1) is 11.3. The minimum atomic E-state index is 0.537. The fraction of sp³-hybridized carbons (Fsp3) is 0.0588. The van der Waals surface area contributed by atoms with Crippen molar-refractivity contribution in [1.82, 2.24) is 14.6 Å². The number of ether oxygens (including phenoxy) is 1. The number of nitrogens with zero attached hydrogens (tertiary/aromatic N) is 3. The van der Waals surface area contributed by atoms with Crippen molar-refractivity contribution in [1.29, 1.82) is 0 Å². The maximum Gasteiger partial charge on any atom is 0.187 e. The normalized spacial score (nSPS) is 11.0. The Kier molecular flexibility index (Phi) is 3.29. The van der Waals surface area contributed by atoms with Crippen molar-refractivity contribution in [3.8, 4) is 5.75 Å². The van der Waals surface area contributed by atoms with Crippen LogP contribution >= 0.6 is 0 Å². The molecule has 2 heterocycles. The van der Waals surface area contributed by atoms with Gasteiger partial charge in [-0.05, 0) is 29.8 Å². The van der Waals surface area contributed by atoms with Gasteiger partial charge in [0.15, 0.2) is 5.82 Å². The van der Waals surface area contributed by atoms with E-state index in [1.54, 1.807) is 6.33 Å². The molecule has 0 saturated carbocycles. The zero-order chi connectivity index (χ0) is 15.6. The van der Waals surface area contributed by atoms with Crippen molar-refractivity contribution in [3.63, 3.8) is 0 Å². The lowest BCUT2D eigenvalue weighted by atomic mass is 10.2. The van der Waals surface area contributed by atoms with Crippen LogP contribution in [0.25, 0.3) is 16.4 Å². The molecule has 23 heavy (non-hydrogen) atoms. The highest BCUT2D eigenvalue weighted by Crippen LogP contribution is 2.27. The monoisotopic (exact) mass is 305 g/mol. The Labute approximate surface area is 132 Å². The van der Waals surface area contributed by atoms with Gasteiger partial charge in [0.2, 0.25) is 0 Å². The molecular formula is C17H15N5O. The predicted molar refractivity (Wildman–Crippen MR) is 89.1 cm³/mol. The van der Waals surface area contributed by atoms with Crippen LogP contribution in [0.2, 0.25) is 0 Å². The zero-order valence-electron chi connectivity index (χ0n) is 12.3. The van der Waals surface area contributed by atoms with Gasteiger partial charge in [-0.2, -0.15) is 0 Å². The van der Waals surface area contributed by atoms with Gasteiger partial charge in [-0.15, -0.1) is 10.2 Å². The van der Waals surface area contributed by atoms with E-state index in [0.717, 1.165) is 27.7 Å². The molecule has 4 aromatic rings. The van der Waals surface area contributed by atoms with Crippen LogP contribution in [0.15, 0.2) is 60.9 Å². The van der Waals surface area contributed by atoms with E-state index < -0.39 is 0 Å². The minimum absolute atomic E-state index is 0.537. The number of aromatic nitrogens is 3. The van der Waals surface area contributed by atoms with Crippen molar-refractivity contribution in [2.45, 2.75) is 6.61 Å². The van der Waals surface area contributed by atoms with Crippen LogP contribution in [-0.2, 0) is 6.61 Å². The van der Waals surface area contributed by atoms with Gasteiger partial charge in [0.05, 0.1) is 11.0 Å². The fourth-order valence-electron chi connectivity index (χ4n) is 2.64. The summed E-state index contributed by atoms with van der Waals surface area (Å²) in [5, 5.41) is 8.97. The largest absolute Gasteiger partial charge is 0.489 e. The molecule has 114 valence electrons. The van der Waals surface area contributed by atoms with Gasteiger partial charge in [0.1, 0.15) is 18.7 Å². The molecule has 6 nitrogen and oxygen atoms in total. The third-order valence-corrected chi connectivity index (χ3v) is 3.76. The average Bonchev–Trinajstić information content (AvgIpc) is 2.98. The van der Waals surface area contributed by atoms with Crippen molar-refractivity contribution in [3.05, 3.63) is 66.5 Å². The Balaban J connectivity index is 1.69. The maximum atomic E-state index is 5.87. The zero-order valence-corrected chi connectivity index (χ0v) is 12.3. The highest BCUT2D eigenvalue weighted by atomic mass is 16.5. The summed E-state index contributed by atoms with van der Waals surface area (Å²) >= 11 is 0. The van der Waals surface area contributed by atoms with Crippen LogP contribution < -0.4 is 16.0 Å². The fourth-order valence-corrected chi connectivity index (χ4v) is 2.64. The second kappa shape index (κ2) is 5.58. The number of anilines is 1. The summed E-state index contributed by atoms with van der Waals surface area (Å²) in [5.74, 6) is 6.85. The van der Waals surface area contributed by atoms with E-state index in [1.165, 1.54) is 0 Å². The molecule has 2 aromatic heterocycles. The second-order valence-electron chi connectivity index (χ2n) is 5.22. The molecule has 0 saturated heterocycles. The molecule has 0 amide bonds. The third kappa shape index (κ3) is 2.45. The average molecular weight is 305 g/mol. The summed E-state index contributed by atoms with van der Waals surface area (Å²) in [5.41, 5.74) is 5.60. The molecule has 0 unspecified atom stereocenters. The summed E-state index contributed by atoms with van der Waals surface area (Å²) in [7, 11) is 0. The molecule has 3 N–H and O–H groups in total. The number of benzene rings is 2. The third-order valence-electron chi connectivity index (χ3n) is 3.76. The number of rotatable bonds is 4. The van der Waals surface area contributed by atoms with E-state index in [-0.39, 0.29) is 0 Å². The maximum absolute atomic E-state index is 5.87. The Hall–Kier alpha value is -3.12. The number of nitrogens with one attached hydrogen (secondary N) is 1. The number of nitrogen functional groups attached to an aromatic ring is 1. The lowest BCUT2D eigenvalue weighted by Gasteiger charge is -2.06. The van der Waals surface area contributed by atoms with Gasteiger partial charge in [0.25, 0.3) is 0 Å². The standard InChI is InChI=1S/C17H15N5O/c18-20-17-16-9-13-8-14(23-10-12-4-2-1-3-5-12)6-7-15(13)22(16)11-19-21-17/h1-9,11H,10,18H2,(H,20,21). The summed E-state index contributed by atoms with van der Waals surface area (Å²) in [4.78, 5) is 0. The summed E-state index contributed by atoms with van der Waals surface area (Å²) < 4.78 is 7.81. The van der Waals surface area contributed by atoms with E-state index in [2.05, 4.69) is 15.6 Å².